The number of anilines is 1. The van der Waals surface area contributed by atoms with Crippen molar-refractivity contribution < 1.29 is 18.0 Å². The molecule has 3 nitrogen and oxygen atoms in total. The Hall–Kier alpha value is -2.31. The lowest BCUT2D eigenvalue weighted by Crippen LogP contribution is -2.33. The van der Waals surface area contributed by atoms with Crippen molar-refractivity contribution in [3.8, 4) is 0 Å². The van der Waals surface area contributed by atoms with E-state index in [0.717, 1.165) is 11.6 Å². The first-order chi connectivity index (χ1) is 12.3. The van der Waals surface area contributed by atoms with Gasteiger partial charge in [-0.05, 0) is 17.7 Å². The molecule has 2 aromatic rings. The van der Waals surface area contributed by atoms with E-state index in [1.807, 2.05) is 30.3 Å². The van der Waals surface area contributed by atoms with Gasteiger partial charge in [-0.1, -0.05) is 54.1 Å². The van der Waals surface area contributed by atoms with Crippen molar-refractivity contribution in [3.05, 3.63) is 77.3 Å². The second kappa shape index (κ2) is 8.87. The number of rotatable bonds is 7. The van der Waals surface area contributed by atoms with Gasteiger partial charge in [-0.25, -0.2) is 0 Å². The highest BCUT2D eigenvalue weighted by Gasteiger charge is 2.34. The van der Waals surface area contributed by atoms with E-state index in [1.54, 1.807) is 11.0 Å². The Morgan fingerprint density at radius 3 is 2.46 bits per heavy atom. The highest BCUT2D eigenvalue weighted by atomic mass is 35.5. The van der Waals surface area contributed by atoms with Crippen LogP contribution in [0.5, 0.6) is 0 Å². The Balaban J connectivity index is 2.12. The number of amides is 1. The van der Waals surface area contributed by atoms with Crippen LogP contribution in [0.3, 0.4) is 0 Å². The van der Waals surface area contributed by atoms with Crippen LogP contribution in [0.2, 0.25) is 5.02 Å². The van der Waals surface area contributed by atoms with Crippen LogP contribution in [0.25, 0.3) is 0 Å². The van der Waals surface area contributed by atoms with E-state index in [-0.39, 0.29) is 11.6 Å². The highest BCUT2D eigenvalue weighted by Crippen LogP contribution is 2.38. The molecule has 1 amide bonds. The first-order valence-corrected chi connectivity index (χ1v) is 8.22. The van der Waals surface area contributed by atoms with Crippen LogP contribution in [0, 0.1) is 0 Å². The summed E-state index contributed by atoms with van der Waals surface area (Å²) in [5.41, 5.74) is -0.419. The summed E-state index contributed by atoms with van der Waals surface area (Å²) in [6.07, 6.45) is -2.98. The normalized spacial score (nSPS) is 11.4. The first-order valence-electron chi connectivity index (χ1n) is 7.84. The maximum atomic E-state index is 13.1. The first kappa shape index (κ1) is 20.0. The zero-order valence-electron chi connectivity index (χ0n) is 13.9. The number of nitrogens with zero attached hydrogens (tertiary/aromatic N) is 1. The molecule has 0 saturated heterocycles. The molecule has 0 bridgehead atoms. The zero-order chi connectivity index (χ0) is 19.2. The summed E-state index contributed by atoms with van der Waals surface area (Å²) in [5, 5.41) is 2.13. The molecule has 1 N–H and O–H groups in total. The number of nitrogens with one attached hydrogen (secondary N) is 1. The Bertz CT molecular complexity index is 763. The largest absolute Gasteiger partial charge is 0.418 e. The van der Waals surface area contributed by atoms with Gasteiger partial charge < -0.3 is 5.32 Å². The van der Waals surface area contributed by atoms with Crippen LogP contribution in [-0.4, -0.2) is 23.9 Å². The van der Waals surface area contributed by atoms with Crippen molar-refractivity contribution in [3.63, 3.8) is 0 Å². The molecule has 2 aromatic carbocycles. The van der Waals surface area contributed by atoms with Crippen molar-refractivity contribution in [1.29, 1.82) is 0 Å². The van der Waals surface area contributed by atoms with Gasteiger partial charge in [0.15, 0.2) is 0 Å². The summed E-state index contributed by atoms with van der Waals surface area (Å²) in [4.78, 5) is 14.1. The molecular formula is C19H18ClF3N2O. The summed E-state index contributed by atoms with van der Waals surface area (Å²) in [6, 6.07) is 12.8. The minimum absolute atomic E-state index is 0.0938. The van der Waals surface area contributed by atoms with Gasteiger partial charge >= 0.3 is 6.18 Å². The van der Waals surface area contributed by atoms with E-state index in [2.05, 4.69) is 11.9 Å². The molecule has 0 saturated carbocycles. The minimum atomic E-state index is -4.61. The maximum absolute atomic E-state index is 13.1. The van der Waals surface area contributed by atoms with Crippen LogP contribution in [0.4, 0.5) is 18.9 Å². The lowest BCUT2D eigenvalue weighted by Gasteiger charge is -2.21. The Labute approximate surface area is 155 Å². The highest BCUT2D eigenvalue weighted by molar-refractivity contribution is 6.34. The predicted molar refractivity (Wildman–Crippen MR) is 97.0 cm³/mol. The molecule has 0 aliphatic rings. The molecule has 26 heavy (non-hydrogen) atoms. The van der Waals surface area contributed by atoms with Gasteiger partial charge in [-0.15, -0.1) is 6.58 Å². The van der Waals surface area contributed by atoms with Crippen molar-refractivity contribution in [2.75, 3.05) is 18.4 Å². The lowest BCUT2D eigenvalue weighted by atomic mass is 10.1. The summed E-state index contributed by atoms with van der Waals surface area (Å²) in [7, 11) is 0. The van der Waals surface area contributed by atoms with E-state index in [0.29, 0.717) is 13.1 Å². The Morgan fingerprint density at radius 2 is 1.85 bits per heavy atom. The Kier molecular flexibility index (Phi) is 6.83. The number of hydrogen-bond acceptors (Lipinski definition) is 2. The van der Waals surface area contributed by atoms with Gasteiger partial charge in [0.05, 0.1) is 22.8 Å². The van der Waals surface area contributed by atoms with E-state index in [9.17, 15) is 18.0 Å². The SMILES string of the molecule is C=CCN(CC(=O)Nc1c(Cl)cccc1C(F)(F)F)Cc1ccccc1. The van der Waals surface area contributed by atoms with Crippen molar-refractivity contribution in [2.45, 2.75) is 12.7 Å². The quantitative estimate of drug-likeness (QED) is 0.684. The molecule has 0 radical (unpaired) electrons. The average molecular weight is 383 g/mol. The Morgan fingerprint density at radius 1 is 1.15 bits per heavy atom. The van der Waals surface area contributed by atoms with Crippen molar-refractivity contribution in [1.82, 2.24) is 4.90 Å². The van der Waals surface area contributed by atoms with E-state index in [4.69, 9.17) is 11.6 Å². The van der Waals surface area contributed by atoms with Crippen LogP contribution >= 0.6 is 11.6 Å². The van der Waals surface area contributed by atoms with E-state index < -0.39 is 23.3 Å². The van der Waals surface area contributed by atoms with E-state index in [1.165, 1.54) is 12.1 Å². The fourth-order valence-corrected chi connectivity index (χ4v) is 2.70. The predicted octanol–water partition coefficient (Wildman–Crippen LogP) is 4.99. The number of alkyl halides is 3. The summed E-state index contributed by atoms with van der Waals surface area (Å²) in [5.74, 6) is -0.582. The van der Waals surface area contributed by atoms with Gasteiger partial charge in [-0.3, -0.25) is 9.69 Å². The third-order valence-corrected chi connectivity index (χ3v) is 3.90. The van der Waals surface area contributed by atoms with Gasteiger partial charge in [0, 0.05) is 13.1 Å². The van der Waals surface area contributed by atoms with Crippen molar-refractivity contribution in [2.24, 2.45) is 0 Å². The zero-order valence-corrected chi connectivity index (χ0v) is 14.6. The molecule has 0 heterocycles. The number of hydrogen-bond donors (Lipinski definition) is 1. The topological polar surface area (TPSA) is 32.3 Å². The number of benzene rings is 2. The summed E-state index contributed by atoms with van der Waals surface area (Å²) < 4.78 is 39.3. The smallest absolute Gasteiger partial charge is 0.323 e. The molecule has 0 fully saturated rings. The molecule has 0 aliphatic heterocycles. The second-order valence-electron chi connectivity index (χ2n) is 5.65. The molecular weight excluding hydrogens is 365 g/mol. The molecule has 138 valence electrons. The number of para-hydroxylation sites is 1. The molecule has 0 unspecified atom stereocenters. The minimum Gasteiger partial charge on any atom is -0.323 e. The molecule has 0 spiro atoms. The number of carbonyl (C=O) groups excluding carboxylic acids is 1. The molecule has 2 rings (SSSR count). The lowest BCUT2D eigenvalue weighted by molar-refractivity contribution is -0.137. The molecule has 7 heteroatoms. The summed E-state index contributed by atoms with van der Waals surface area (Å²) in [6.45, 7) is 4.44. The van der Waals surface area contributed by atoms with E-state index >= 15 is 0 Å². The maximum Gasteiger partial charge on any atom is 0.418 e. The second-order valence-corrected chi connectivity index (χ2v) is 6.06. The van der Waals surface area contributed by atoms with Gasteiger partial charge in [0.1, 0.15) is 0 Å². The standard InChI is InChI=1S/C19H18ClF3N2O/c1-2-11-25(12-14-7-4-3-5-8-14)13-17(26)24-18-15(19(21,22)23)9-6-10-16(18)20/h2-10H,1,11-13H2,(H,24,26). The van der Waals surface area contributed by atoms with Crippen LogP contribution < -0.4 is 5.32 Å². The van der Waals surface area contributed by atoms with Gasteiger partial charge in [0.2, 0.25) is 5.91 Å². The third-order valence-electron chi connectivity index (χ3n) is 3.59. The van der Waals surface area contributed by atoms with Crippen LogP contribution in [0.1, 0.15) is 11.1 Å². The monoisotopic (exact) mass is 382 g/mol. The molecule has 0 atom stereocenters. The van der Waals surface area contributed by atoms with Crippen LogP contribution in [-0.2, 0) is 17.5 Å². The number of halogens is 4. The third kappa shape index (κ3) is 5.61. The number of carbonyl (C=O) groups is 1. The summed E-state index contributed by atoms with van der Waals surface area (Å²) >= 11 is 5.86. The molecule has 0 aromatic heterocycles. The van der Waals surface area contributed by atoms with Crippen LogP contribution in [0.15, 0.2) is 61.2 Å². The van der Waals surface area contributed by atoms with Gasteiger partial charge in [0.25, 0.3) is 0 Å². The average Bonchev–Trinajstić information content (AvgIpc) is 2.57. The fourth-order valence-electron chi connectivity index (χ4n) is 2.48. The van der Waals surface area contributed by atoms with Gasteiger partial charge in [-0.2, -0.15) is 13.2 Å². The fraction of sp³-hybridized carbons (Fsp3) is 0.211. The van der Waals surface area contributed by atoms with Crippen molar-refractivity contribution >= 4 is 23.2 Å². The molecule has 0 aliphatic carbocycles.